The molecule has 1 amide bonds. The Hall–Kier alpha value is -1.46. The molecule has 18 heavy (non-hydrogen) atoms. The zero-order valence-corrected chi connectivity index (χ0v) is 11.5. The molecule has 102 valence electrons. The van der Waals surface area contributed by atoms with Crippen molar-refractivity contribution in [2.45, 2.75) is 19.4 Å². The van der Waals surface area contributed by atoms with Gasteiger partial charge < -0.3 is 20.5 Å². The van der Waals surface area contributed by atoms with Crippen LogP contribution in [0.1, 0.15) is 13.3 Å². The van der Waals surface area contributed by atoms with Crippen LogP contribution >= 0.6 is 12.4 Å². The van der Waals surface area contributed by atoms with E-state index in [1.807, 2.05) is 6.92 Å². The molecule has 1 aromatic rings. The first-order valence-corrected chi connectivity index (χ1v) is 5.40. The lowest BCUT2D eigenvalue weighted by atomic mass is 10.2. The Morgan fingerprint density at radius 1 is 1.39 bits per heavy atom. The Morgan fingerprint density at radius 3 is 2.56 bits per heavy atom. The fraction of sp³-hybridized carbons (Fsp3) is 0.417. The Kier molecular flexibility index (Phi) is 7.16. The molecule has 0 bridgehead atoms. The molecule has 0 unspecified atom stereocenters. The largest absolute Gasteiger partial charge is 0.497 e. The Bertz CT molecular complexity index is 399. The monoisotopic (exact) mass is 274 g/mol. The molecule has 3 N–H and O–H groups in total. The SMILES string of the molecule is CC[C@H](N)C(=O)Nc1ccc(OC)cc1OC.Cl. The highest BCUT2D eigenvalue weighted by molar-refractivity contribution is 5.96. The Balaban J connectivity index is 0.00000289. The molecule has 0 saturated carbocycles. The van der Waals surface area contributed by atoms with Crippen molar-refractivity contribution in [3.8, 4) is 11.5 Å². The van der Waals surface area contributed by atoms with Crippen LogP contribution in [0.15, 0.2) is 18.2 Å². The lowest BCUT2D eigenvalue weighted by molar-refractivity contribution is -0.117. The quantitative estimate of drug-likeness (QED) is 0.859. The molecule has 0 aliphatic carbocycles. The van der Waals surface area contributed by atoms with Gasteiger partial charge in [0.2, 0.25) is 5.91 Å². The van der Waals surface area contributed by atoms with E-state index in [-0.39, 0.29) is 18.3 Å². The highest BCUT2D eigenvalue weighted by atomic mass is 35.5. The van der Waals surface area contributed by atoms with Crippen LogP contribution in [-0.4, -0.2) is 26.2 Å². The minimum Gasteiger partial charge on any atom is -0.497 e. The predicted molar refractivity (Wildman–Crippen MR) is 73.7 cm³/mol. The van der Waals surface area contributed by atoms with Gasteiger partial charge in [0.25, 0.3) is 0 Å². The van der Waals surface area contributed by atoms with Crippen LogP contribution in [-0.2, 0) is 4.79 Å². The highest BCUT2D eigenvalue weighted by Gasteiger charge is 2.13. The van der Waals surface area contributed by atoms with Crippen LogP contribution < -0.4 is 20.5 Å². The average molecular weight is 275 g/mol. The molecule has 6 heteroatoms. The number of methoxy groups -OCH3 is 2. The zero-order chi connectivity index (χ0) is 12.8. The van der Waals surface area contributed by atoms with Crippen molar-refractivity contribution < 1.29 is 14.3 Å². The first-order chi connectivity index (χ1) is 8.12. The second-order valence-corrected chi connectivity index (χ2v) is 3.57. The predicted octanol–water partition coefficient (Wildman–Crippen LogP) is 1.80. The molecule has 0 aliphatic rings. The summed E-state index contributed by atoms with van der Waals surface area (Å²) < 4.78 is 10.2. The summed E-state index contributed by atoms with van der Waals surface area (Å²) in [7, 11) is 3.10. The molecule has 1 rings (SSSR count). The molecule has 0 aliphatic heterocycles. The maximum absolute atomic E-state index is 11.6. The number of ether oxygens (including phenoxy) is 2. The fourth-order valence-electron chi connectivity index (χ4n) is 1.31. The highest BCUT2D eigenvalue weighted by Crippen LogP contribution is 2.28. The number of amides is 1. The maximum Gasteiger partial charge on any atom is 0.241 e. The van der Waals surface area contributed by atoms with Gasteiger partial charge in [-0.3, -0.25) is 4.79 Å². The first-order valence-electron chi connectivity index (χ1n) is 5.40. The molecular weight excluding hydrogens is 256 g/mol. The van der Waals surface area contributed by atoms with E-state index in [1.54, 1.807) is 25.3 Å². The summed E-state index contributed by atoms with van der Waals surface area (Å²) in [5, 5.41) is 2.72. The van der Waals surface area contributed by atoms with Crippen molar-refractivity contribution in [2.24, 2.45) is 5.73 Å². The standard InChI is InChI=1S/C12H18N2O3.ClH/c1-4-9(13)12(15)14-10-6-5-8(16-2)7-11(10)17-3;/h5-7,9H,4,13H2,1-3H3,(H,14,15);1H/t9-;/m0./s1. The van der Waals surface area contributed by atoms with Crippen molar-refractivity contribution in [1.29, 1.82) is 0 Å². The number of nitrogens with two attached hydrogens (primary N) is 1. The van der Waals surface area contributed by atoms with Crippen molar-refractivity contribution in [1.82, 2.24) is 0 Å². The molecule has 0 radical (unpaired) electrons. The van der Waals surface area contributed by atoms with Crippen molar-refractivity contribution in [2.75, 3.05) is 19.5 Å². The van der Waals surface area contributed by atoms with E-state index >= 15 is 0 Å². The summed E-state index contributed by atoms with van der Waals surface area (Å²) in [4.78, 5) is 11.6. The van der Waals surface area contributed by atoms with Crippen LogP contribution in [0.2, 0.25) is 0 Å². The number of rotatable bonds is 5. The van der Waals surface area contributed by atoms with Gasteiger partial charge in [0.05, 0.1) is 25.9 Å². The van der Waals surface area contributed by atoms with Crippen molar-refractivity contribution in [3.63, 3.8) is 0 Å². The molecule has 1 aromatic carbocycles. The maximum atomic E-state index is 11.6. The van der Waals surface area contributed by atoms with Crippen molar-refractivity contribution in [3.05, 3.63) is 18.2 Å². The molecule has 5 nitrogen and oxygen atoms in total. The first kappa shape index (κ1) is 16.5. The smallest absolute Gasteiger partial charge is 0.241 e. The number of anilines is 1. The van der Waals surface area contributed by atoms with Crippen LogP contribution in [0.4, 0.5) is 5.69 Å². The van der Waals surface area contributed by atoms with E-state index in [4.69, 9.17) is 15.2 Å². The molecule has 0 saturated heterocycles. The summed E-state index contributed by atoms with van der Waals surface area (Å²) in [5.41, 5.74) is 6.22. The molecule has 0 fully saturated rings. The van der Waals surface area contributed by atoms with Crippen LogP contribution in [0.5, 0.6) is 11.5 Å². The van der Waals surface area contributed by atoms with Gasteiger partial charge in [-0.05, 0) is 18.6 Å². The van der Waals surface area contributed by atoms with Crippen LogP contribution in [0.3, 0.4) is 0 Å². The van der Waals surface area contributed by atoms with E-state index in [9.17, 15) is 4.79 Å². The topological polar surface area (TPSA) is 73.6 Å². The van der Waals surface area contributed by atoms with Gasteiger partial charge in [-0.15, -0.1) is 12.4 Å². The number of hydrogen-bond acceptors (Lipinski definition) is 4. The molecule has 0 heterocycles. The van der Waals surface area contributed by atoms with Gasteiger partial charge in [-0.2, -0.15) is 0 Å². The summed E-state index contributed by atoms with van der Waals surface area (Å²) >= 11 is 0. The molecule has 0 aromatic heterocycles. The second kappa shape index (κ2) is 7.79. The average Bonchev–Trinajstić information content (AvgIpc) is 2.37. The zero-order valence-electron chi connectivity index (χ0n) is 10.7. The number of benzene rings is 1. The molecular formula is C12H19ClN2O3. The summed E-state index contributed by atoms with van der Waals surface area (Å²) in [6.45, 7) is 1.86. The van der Waals surface area contributed by atoms with Crippen LogP contribution in [0.25, 0.3) is 0 Å². The molecule has 1 atom stereocenters. The van der Waals surface area contributed by atoms with E-state index in [0.717, 1.165) is 0 Å². The number of hydrogen-bond donors (Lipinski definition) is 2. The van der Waals surface area contributed by atoms with Gasteiger partial charge in [-0.25, -0.2) is 0 Å². The van der Waals surface area contributed by atoms with E-state index in [2.05, 4.69) is 5.32 Å². The van der Waals surface area contributed by atoms with Gasteiger partial charge in [0.1, 0.15) is 11.5 Å². The number of carbonyl (C=O) groups is 1. The summed E-state index contributed by atoms with van der Waals surface area (Å²) in [6.07, 6.45) is 0.588. The third kappa shape index (κ3) is 4.09. The number of nitrogens with one attached hydrogen (secondary N) is 1. The fourth-order valence-corrected chi connectivity index (χ4v) is 1.31. The number of halogens is 1. The minimum absolute atomic E-state index is 0. The Morgan fingerprint density at radius 2 is 2.06 bits per heavy atom. The Labute approximate surface area is 113 Å². The summed E-state index contributed by atoms with van der Waals surface area (Å²) in [5.74, 6) is 0.983. The van der Waals surface area contributed by atoms with Gasteiger partial charge >= 0.3 is 0 Å². The van der Waals surface area contributed by atoms with Gasteiger partial charge in [0.15, 0.2) is 0 Å². The van der Waals surface area contributed by atoms with E-state index in [1.165, 1.54) is 7.11 Å². The van der Waals surface area contributed by atoms with E-state index in [0.29, 0.717) is 23.6 Å². The number of carbonyl (C=O) groups excluding carboxylic acids is 1. The van der Waals surface area contributed by atoms with Gasteiger partial charge in [-0.1, -0.05) is 6.92 Å². The molecule has 0 spiro atoms. The lowest BCUT2D eigenvalue weighted by Gasteiger charge is -2.13. The van der Waals surface area contributed by atoms with Crippen molar-refractivity contribution >= 4 is 24.0 Å². The van der Waals surface area contributed by atoms with Gasteiger partial charge in [0, 0.05) is 6.07 Å². The second-order valence-electron chi connectivity index (χ2n) is 3.57. The third-order valence-corrected chi connectivity index (χ3v) is 2.44. The van der Waals surface area contributed by atoms with E-state index < -0.39 is 6.04 Å². The minimum atomic E-state index is -0.512. The normalized spacial score (nSPS) is 11.1. The van der Waals surface area contributed by atoms with Crippen LogP contribution in [0, 0.1) is 0 Å². The summed E-state index contributed by atoms with van der Waals surface area (Å²) in [6, 6.07) is 4.66. The lowest BCUT2D eigenvalue weighted by Crippen LogP contribution is -2.34. The third-order valence-electron chi connectivity index (χ3n) is 2.44.